The summed E-state index contributed by atoms with van der Waals surface area (Å²) >= 11 is 1.59. The number of thiophene rings is 1. The lowest BCUT2D eigenvalue weighted by Crippen LogP contribution is -2.23. The molecule has 20 heavy (non-hydrogen) atoms. The van der Waals surface area contributed by atoms with Gasteiger partial charge in [-0.25, -0.2) is 0 Å². The zero-order chi connectivity index (χ0) is 14.4. The lowest BCUT2D eigenvalue weighted by Gasteiger charge is -2.17. The zero-order valence-corrected chi connectivity index (χ0v) is 12.3. The molecule has 0 amide bonds. The number of hydrogen-bond acceptors (Lipinski definition) is 3. The fraction of sp³-hybridized carbons (Fsp3) is 0.312. The Balaban J connectivity index is 2.07. The van der Waals surface area contributed by atoms with Gasteiger partial charge >= 0.3 is 5.97 Å². The molecule has 106 valence electrons. The maximum Gasteiger partial charge on any atom is 0.305 e. The first-order valence-electron chi connectivity index (χ1n) is 6.76. The van der Waals surface area contributed by atoms with E-state index in [0.29, 0.717) is 6.54 Å². The zero-order valence-electron chi connectivity index (χ0n) is 11.5. The van der Waals surface area contributed by atoms with Crippen molar-refractivity contribution in [3.8, 4) is 0 Å². The molecule has 4 heteroatoms. The molecule has 0 saturated heterocycles. The summed E-state index contributed by atoms with van der Waals surface area (Å²) in [6.07, 6.45) is 1.09. The fourth-order valence-corrected chi connectivity index (χ4v) is 3.05. The highest BCUT2D eigenvalue weighted by atomic mass is 32.1. The monoisotopic (exact) mass is 289 g/mol. The van der Waals surface area contributed by atoms with E-state index in [1.807, 2.05) is 29.6 Å². The quantitative estimate of drug-likeness (QED) is 0.818. The third-order valence-corrected chi connectivity index (χ3v) is 4.29. The van der Waals surface area contributed by atoms with Gasteiger partial charge in [-0.2, -0.15) is 0 Å². The van der Waals surface area contributed by atoms with Gasteiger partial charge in [-0.15, -0.1) is 11.3 Å². The van der Waals surface area contributed by atoms with E-state index in [9.17, 15) is 4.79 Å². The van der Waals surface area contributed by atoms with Crippen molar-refractivity contribution in [1.82, 2.24) is 5.32 Å². The van der Waals surface area contributed by atoms with Gasteiger partial charge in [0.2, 0.25) is 0 Å². The summed E-state index contributed by atoms with van der Waals surface area (Å²) < 4.78 is 0. The van der Waals surface area contributed by atoms with E-state index < -0.39 is 5.97 Å². The Morgan fingerprint density at radius 2 is 2.00 bits per heavy atom. The number of hydrogen-bond donors (Lipinski definition) is 2. The lowest BCUT2D eigenvalue weighted by atomic mass is 10.0. The number of carboxylic acids is 1. The Hall–Kier alpha value is -1.65. The molecular weight excluding hydrogens is 270 g/mol. The second-order valence-corrected chi connectivity index (χ2v) is 5.65. The Bertz CT molecular complexity index is 551. The summed E-state index contributed by atoms with van der Waals surface area (Å²) in [6, 6.07) is 12.1. The SMILES string of the molecule is CCc1ccccc1CNC(CC(=O)O)c1cccs1. The Morgan fingerprint density at radius 3 is 2.60 bits per heavy atom. The van der Waals surface area contributed by atoms with Gasteiger partial charge in [0.25, 0.3) is 0 Å². The number of aryl methyl sites for hydroxylation is 1. The number of carbonyl (C=O) groups is 1. The van der Waals surface area contributed by atoms with E-state index in [1.165, 1.54) is 11.1 Å². The molecule has 1 aromatic heterocycles. The molecule has 2 rings (SSSR count). The maximum absolute atomic E-state index is 11.0. The van der Waals surface area contributed by atoms with E-state index in [1.54, 1.807) is 11.3 Å². The highest BCUT2D eigenvalue weighted by Crippen LogP contribution is 2.23. The molecule has 0 aliphatic rings. The molecule has 0 spiro atoms. The standard InChI is InChI=1S/C16H19NO2S/c1-2-12-6-3-4-7-13(12)11-17-14(10-16(18)19)15-8-5-9-20-15/h3-9,14,17H,2,10-11H2,1H3,(H,18,19). The van der Waals surface area contributed by atoms with Crippen LogP contribution in [0.3, 0.4) is 0 Å². The van der Waals surface area contributed by atoms with Crippen LogP contribution in [0.15, 0.2) is 41.8 Å². The highest BCUT2D eigenvalue weighted by Gasteiger charge is 2.16. The topological polar surface area (TPSA) is 49.3 Å². The van der Waals surface area contributed by atoms with Gasteiger partial charge in [-0.3, -0.25) is 4.79 Å². The molecule has 0 aliphatic carbocycles. The van der Waals surface area contributed by atoms with Gasteiger partial charge in [-0.05, 0) is 29.0 Å². The minimum atomic E-state index is -0.778. The average molecular weight is 289 g/mol. The minimum Gasteiger partial charge on any atom is -0.481 e. The van der Waals surface area contributed by atoms with E-state index in [-0.39, 0.29) is 12.5 Å². The van der Waals surface area contributed by atoms with Gasteiger partial charge in [0.15, 0.2) is 0 Å². The Morgan fingerprint density at radius 1 is 1.25 bits per heavy atom. The molecule has 1 unspecified atom stereocenters. The van der Waals surface area contributed by atoms with Crippen LogP contribution in [0, 0.1) is 0 Å². The van der Waals surface area contributed by atoms with Gasteiger partial charge in [-0.1, -0.05) is 37.3 Å². The van der Waals surface area contributed by atoms with Crippen LogP contribution < -0.4 is 5.32 Å². The van der Waals surface area contributed by atoms with Crippen molar-refractivity contribution in [2.24, 2.45) is 0 Å². The molecule has 1 aromatic carbocycles. The first-order chi connectivity index (χ1) is 9.70. The smallest absolute Gasteiger partial charge is 0.305 e. The molecule has 0 bridgehead atoms. The molecule has 1 heterocycles. The second kappa shape index (κ2) is 7.22. The largest absolute Gasteiger partial charge is 0.481 e. The lowest BCUT2D eigenvalue weighted by molar-refractivity contribution is -0.137. The van der Waals surface area contributed by atoms with Crippen molar-refractivity contribution in [3.05, 3.63) is 57.8 Å². The molecule has 0 fully saturated rings. The molecule has 0 aliphatic heterocycles. The second-order valence-electron chi connectivity index (χ2n) is 4.67. The minimum absolute atomic E-state index is 0.106. The van der Waals surface area contributed by atoms with E-state index >= 15 is 0 Å². The summed E-state index contributed by atoms with van der Waals surface area (Å²) in [5.74, 6) is -0.778. The Kier molecular flexibility index (Phi) is 5.32. The Labute approximate surface area is 123 Å². The van der Waals surface area contributed by atoms with Gasteiger partial charge in [0.1, 0.15) is 0 Å². The van der Waals surface area contributed by atoms with Crippen LogP contribution in [-0.2, 0) is 17.8 Å². The highest BCUT2D eigenvalue weighted by molar-refractivity contribution is 7.10. The molecule has 2 aromatic rings. The third kappa shape index (κ3) is 3.92. The van der Waals surface area contributed by atoms with E-state index in [2.05, 4.69) is 24.4 Å². The molecule has 0 saturated carbocycles. The van der Waals surface area contributed by atoms with Crippen LogP contribution in [-0.4, -0.2) is 11.1 Å². The van der Waals surface area contributed by atoms with Crippen molar-refractivity contribution < 1.29 is 9.90 Å². The van der Waals surface area contributed by atoms with Crippen molar-refractivity contribution in [2.45, 2.75) is 32.4 Å². The average Bonchev–Trinajstić information content (AvgIpc) is 2.97. The fourth-order valence-electron chi connectivity index (χ4n) is 2.25. The van der Waals surface area contributed by atoms with Crippen LogP contribution in [0.4, 0.5) is 0 Å². The number of carboxylic acid groups (broad SMARTS) is 1. The summed E-state index contributed by atoms with van der Waals surface area (Å²) in [5.41, 5.74) is 2.54. The molecular formula is C16H19NO2S. The van der Waals surface area contributed by atoms with E-state index in [0.717, 1.165) is 11.3 Å². The van der Waals surface area contributed by atoms with Gasteiger partial charge in [0, 0.05) is 11.4 Å². The van der Waals surface area contributed by atoms with Crippen LogP contribution in [0.25, 0.3) is 0 Å². The summed E-state index contributed by atoms with van der Waals surface area (Å²) in [6.45, 7) is 2.83. The first-order valence-corrected chi connectivity index (χ1v) is 7.64. The van der Waals surface area contributed by atoms with Crippen LogP contribution >= 0.6 is 11.3 Å². The van der Waals surface area contributed by atoms with Crippen molar-refractivity contribution in [2.75, 3.05) is 0 Å². The number of nitrogens with one attached hydrogen (secondary N) is 1. The summed E-state index contributed by atoms with van der Waals surface area (Å²) in [4.78, 5) is 12.1. The predicted molar refractivity (Wildman–Crippen MR) is 82.0 cm³/mol. The predicted octanol–water partition coefficient (Wildman–Crippen LogP) is 3.62. The number of benzene rings is 1. The first kappa shape index (κ1) is 14.8. The van der Waals surface area contributed by atoms with Crippen LogP contribution in [0.5, 0.6) is 0 Å². The van der Waals surface area contributed by atoms with Crippen LogP contribution in [0.2, 0.25) is 0 Å². The molecule has 2 N–H and O–H groups in total. The normalized spacial score (nSPS) is 12.2. The van der Waals surface area contributed by atoms with Gasteiger partial charge < -0.3 is 10.4 Å². The van der Waals surface area contributed by atoms with Crippen molar-refractivity contribution in [3.63, 3.8) is 0 Å². The molecule has 1 atom stereocenters. The third-order valence-electron chi connectivity index (χ3n) is 3.30. The number of aliphatic carboxylic acids is 1. The molecule has 0 radical (unpaired) electrons. The van der Waals surface area contributed by atoms with Crippen molar-refractivity contribution >= 4 is 17.3 Å². The van der Waals surface area contributed by atoms with Gasteiger partial charge in [0.05, 0.1) is 12.5 Å². The maximum atomic E-state index is 11.0. The van der Waals surface area contributed by atoms with E-state index in [4.69, 9.17) is 5.11 Å². The van der Waals surface area contributed by atoms with Crippen molar-refractivity contribution in [1.29, 1.82) is 0 Å². The summed E-state index contributed by atoms with van der Waals surface area (Å²) in [5, 5.41) is 14.4. The molecule has 3 nitrogen and oxygen atoms in total. The number of rotatable bonds is 7. The van der Waals surface area contributed by atoms with Crippen LogP contribution in [0.1, 0.15) is 35.4 Å². The summed E-state index contributed by atoms with van der Waals surface area (Å²) in [7, 11) is 0.